The highest BCUT2D eigenvalue weighted by Gasteiger charge is 2.19. The van der Waals surface area contributed by atoms with Gasteiger partial charge in [0.05, 0.1) is 13.0 Å². The Morgan fingerprint density at radius 1 is 1.15 bits per heavy atom. The Labute approximate surface area is 121 Å². The molecular weight excluding hydrogens is 258 g/mol. The number of rotatable bonds is 6. The Bertz CT molecular complexity index is 353. The zero-order valence-electron chi connectivity index (χ0n) is 13.4. The maximum Gasteiger partial charge on any atom is 0.407 e. The molecule has 0 rings (SSSR count). The molecule has 116 valence electrons. The Balaban J connectivity index is 4.10. The second-order valence-electron chi connectivity index (χ2n) is 6.26. The maximum absolute atomic E-state index is 11.4. The SMILES string of the molecule is CCOC(=O)CC(C)(C)/C=C\CNC(=O)OC(C)(C)C. The first-order valence-corrected chi connectivity index (χ1v) is 6.86. The monoisotopic (exact) mass is 285 g/mol. The number of carbonyl (C=O) groups is 2. The van der Waals surface area contributed by atoms with Gasteiger partial charge in [0.2, 0.25) is 0 Å². The van der Waals surface area contributed by atoms with Gasteiger partial charge in [-0.1, -0.05) is 26.0 Å². The molecule has 0 aliphatic carbocycles. The predicted octanol–water partition coefficient (Wildman–Crippen LogP) is 3.05. The van der Waals surface area contributed by atoms with Gasteiger partial charge in [0, 0.05) is 6.54 Å². The van der Waals surface area contributed by atoms with Gasteiger partial charge >= 0.3 is 12.1 Å². The maximum atomic E-state index is 11.4. The molecule has 0 unspecified atom stereocenters. The highest BCUT2D eigenvalue weighted by molar-refractivity contribution is 5.70. The molecule has 0 radical (unpaired) electrons. The van der Waals surface area contributed by atoms with Crippen molar-refractivity contribution in [2.75, 3.05) is 13.2 Å². The smallest absolute Gasteiger partial charge is 0.407 e. The Hall–Kier alpha value is -1.52. The number of allylic oxidation sites excluding steroid dienone is 1. The Kier molecular flexibility index (Phi) is 7.32. The number of alkyl carbamates (subject to hydrolysis) is 1. The molecule has 0 saturated heterocycles. The van der Waals surface area contributed by atoms with Crippen LogP contribution < -0.4 is 5.32 Å². The second kappa shape index (κ2) is 7.92. The minimum absolute atomic E-state index is 0.220. The number of ether oxygens (including phenoxy) is 2. The van der Waals surface area contributed by atoms with Crippen LogP contribution in [0.5, 0.6) is 0 Å². The molecule has 0 atom stereocenters. The molecule has 0 aromatic rings. The van der Waals surface area contributed by atoms with E-state index >= 15 is 0 Å². The van der Waals surface area contributed by atoms with Crippen LogP contribution in [-0.2, 0) is 14.3 Å². The summed E-state index contributed by atoms with van der Waals surface area (Å²) in [7, 11) is 0. The summed E-state index contributed by atoms with van der Waals surface area (Å²) in [6.45, 7) is 11.8. The van der Waals surface area contributed by atoms with Gasteiger partial charge in [0.1, 0.15) is 5.60 Å². The van der Waals surface area contributed by atoms with Crippen molar-refractivity contribution < 1.29 is 19.1 Å². The molecule has 5 heteroatoms. The molecule has 5 nitrogen and oxygen atoms in total. The largest absolute Gasteiger partial charge is 0.466 e. The fraction of sp³-hybridized carbons (Fsp3) is 0.733. The molecule has 0 spiro atoms. The number of hydrogen-bond acceptors (Lipinski definition) is 4. The van der Waals surface area contributed by atoms with Crippen molar-refractivity contribution >= 4 is 12.1 Å². The lowest BCUT2D eigenvalue weighted by Gasteiger charge is -2.20. The Morgan fingerprint density at radius 3 is 2.25 bits per heavy atom. The number of carbonyl (C=O) groups excluding carboxylic acids is 2. The highest BCUT2D eigenvalue weighted by atomic mass is 16.6. The predicted molar refractivity (Wildman–Crippen MR) is 78.4 cm³/mol. The third kappa shape index (κ3) is 10.4. The van der Waals surface area contributed by atoms with Crippen molar-refractivity contribution in [2.24, 2.45) is 5.41 Å². The van der Waals surface area contributed by atoms with E-state index in [9.17, 15) is 9.59 Å². The van der Waals surface area contributed by atoms with E-state index in [1.165, 1.54) is 0 Å². The molecule has 0 aliphatic heterocycles. The molecular formula is C15H27NO4. The lowest BCUT2D eigenvalue weighted by atomic mass is 9.89. The van der Waals surface area contributed by atoms with Crippen LogP contribution in [0.4, 0.5) is 4.79 Å². The standard InChI is InChI=1S/C15H27NO4/c1-7-19-12(17)11-15(5,6)9-8-10-16-13(18)20-14(2,3)4/h8-9H,7,10-11H2,1-6H3,(H,16,18)/b9-8-. The van der Waals surface area contributed by atoms with Gasteiger partial charge in [0.25, 0.3) is 0 Å². The topological polar surface area (TPSA) is 64.6 Å². The van der Waals surface area contributed by atoms with Crippen molar-refractivity contribution in [3.05, 3.63) is 12.2 Å². The number of esters is 1. The number of amides is 1. The van der Waals surface area contributed by atoms with Crippen molar-refractivity contribution in [3.63, 3.8) is 0 Å². The molecule has 0 saturated carbocycles. The van der Waals surface area contributed by atoms with E-state index in [-0.39, 0.29) is 11.4 Å². The third-order valence-electron chi connectivity index (χ3n) is 2.24. The molecule has 1 N–H and O–H groups in total. The summed E-state index contributed by atoms with van der Waals surface area (Å²) in [4.78, 5) is 22.8. The van der Waals surface area contributed by atoms with Gasteiger partial charge < -0.3 is 14.8 Å². The van der Waals surface area contributed by atoms with Gasteiger partial charge in [-0.15, -0.1) is 0 Å². The summed E-state index contributed by atoms with van der Waals surface area (Å²) < 4.78 is 10.0. The quantitative estimate of drug-likeness (QED) is 0.602. The van der Waals surface area contributed by atoms with E-state index in [1.807, 2.05) is 46.8 Å². The fourth-order valence-electron chi connectivity index (χ4n) is 1.48. The van der Waals surface area contributed by atoms with Crippen molar-refractivity contribution in [3.8, 4) is 0 Å². The average molecular weight is 285 g/mol. The van der Waals surface area contributed by atoms with Crippen LogP contribution in [0.1, 0.15) is 48.0 Å². The first-order chi connectivity index (χ1) is 9.06. The third-order valence-corrected chi connectivity index (χ3v) is 2.24. The van der Waals surface area contributed by atoms with Crippen LogP contribution in [0, 0.1) is 5.41 Å². The van der Waals surface area contributed by atoms with Crippen molar-refractivity contribution in [1.29, 1.82) is 0 Å². The summed E-state index contributed by atoms with van der Waals surface area (Å²) in [5.74, 6) is -0.220. The number of hydrogen-bond donors (Lipinski definition) is 1. The molecule has 20 heavy (non-hydrogen) atoms. The molecule has 0 bridgehead atoms. The van der Waals surface area contributed by atoms with Gasteiger partial charge in [-0.25, -0.2) is 4.79 Å². The van der Waals surface area contributed by atoms with E-state index < -0.39 is 11.7 Å². The molecule has 0 aromatic heterocycles. The summed E-state index contributed by atoms with van der Waals surface area (Å²) in [5.41, 5.74) is -0.807. The second-order valence-corrected chi connectivity index (χ2v) is 6.26. The highest BCUT2D eigenvalue weighted by Crippen LogP contribution is 2.22. The van der Waals surface area contributed by atoms with E-state index in [4.69, 9.17) is 9.47 Å². The van der Waals surface area contributed by atoms with Crippen molar-refractivity contribution in [1.82, 2.24) is 5.32 Å². The van der Waals surface area contributed by atoms with Gasteiger partial charge in [0.15, 0.2) is 0 Å². The van der Waals surface area contributed by atoms with Gasteiger partial charge in [-0.3, -0.25) is 4.79 Å². The summed E-state index contributed by atoms with van der Waals surface area (Å²) in [5, 5.41) is 2.63. The van der Waals surface area contributed by atoms with Crippen LogP contribution in [-0.4, -0.2) is 30.8 Å². The van der Waals surface area contributed by atoms with Crippen LogP contribution >= 0.6 is 0 Å². The van der Waals surface area contributed by atoms with Crippen LogP contribution in [0.2, 0.25) is 0 Å². The van der Waals surface area contributed by atoms with E-state index in [2.05, 4.69) is 5.32 Å². The summed E-state index contributed by atoms with van der Waals surface area (Å²) >= 11 is 0. The first-order valence-electron chi connectivity index (χ1n) is 6.86. The minimum Gasteiger partial charge on any atom is -0.466 e. The fourth-order valence-corrected chi connectivity index (χ4v) is 1.48. The van der Waals surface area contributed by atoms with E-state index in [0.717, 1.165) is 0 Å². The molecule has 0 aliphatic rings. The number of nitrogens with one attached hydrogen (secondary N) is 1. The van der Waals surface area contributed by atoms with Crippen LogP contribution in [0.25, 0.3) is 0 Å². The zero-order valence-corrected chi connectivity index (χ0v) is 13.4. The summed E-state index contributed by atoms with van der Waals surface area (Å²) in [6, 6.07) is 0. The lowest BCUT2D eigenvalue weighted by molar-refractivity contribution is -0.144. The van der Waals surface area contributed by atoms with Crippen LogP contribution in [0.3, 0.4) is 0 Å². The Morgan fingerprint density at radius 2 is 1.75 bits per heavy atom. The van der Waals surface area contributed by atoms with Gasteiger partial charge in [-0.05, 0) is 33.1 Å². The molecule has 0 aromatic carbocycles. The lowest BCUT2D eigenvalue weighted by Crippen LogP contribution is -2.32. The first kappa shape index (κ1) is 18.5. The van der Waals surface area contributed by atoms with E-state index in [1.54, 1.807) is 6.92 Å². The normalized spacial score (nSPS) is 12.3. The van der Waals surface area contributed by atoms with Crippen molar-refractivity contribution in [2.45, 2.75) is 53.6 Å². The average Bonchev–Trinajstić information content (AvgIpc) is 2.21. The minimum atomic E-state index is -0.503. The van der Waals surface area contributed by atoms with Crippen LogP contribution in [0.15, 0.2) is 12.2 Å². The van der Waals surface area contributed by atoms with Gasteiger partial charge in [-0.2, -0.15) is 0 Å². The zero-order chi connectivity index (χ0) is 15.8. The van der Waals surface area contributed by atoms with E-state index in [0.29, 0.717) is 19.6 Å². The molecule has 1 amide bonds. The molecule has 0 heterocycles. The summed E-state index contributed by atoms with van der Waals surface area (Å²) in [6.07, 6.45) is 3.55. The molecule has 0 fully saturated rings.